The second kappa shape index (κ2) is 8.88. The zero-order valence-corrected chi connectivity index (χ0v) is 15.8. The van der Waals surface area contributed by atoms with Crippen LogP contribution in [0, 0.1) is 5.92 Å². The Kier molecular flexibility index (Phi) is 6.32. The number of hydrogen-bond donors (Lipinski definition) is 0. The van der Waals surface area contributed by atoms with Gasteiger partial charge in [-0.2, -0.15) is 0 Å². The first-order chi connectivity index (χ1) is 13.1. The molecule has 0 unspecified atom stereocenters. The van der Waals surface area contributed by atoms with Crippen molar-refractivity contribution < 1.29 is 19.1 Å². The summed E-state index contributed by atoms with van der Waals surface area (Å²) in [6.45, 7) is 4.77. The number of hydrogen-bond acceptors (Lipinski definition) is 4. The van der Waals surface area contributed by atoms with Crippen molar-refractivity contribution in [2.75, 3.05) is 45.9 Å². The molecule has 27 heavy (non-hydrogen) atoms. The standard InChI is InChI=1S/C20H27N3O4/c1-2-27-20(26)22-10-8-21(9-11-22)19(25)15-23-14-17(13-18(23)24)12-16-6-4-3-5-7-16/h3-7,17H,2,8-15H2,1H3/t17-/m0/s1. The first-order valence-electron chi connectivity index (χ1n) is 9.58. The van der Waals surface area contributed by atoms with E-state index in [1.165, 1.54) is 5.56 Å². The van der Waals surface area contributed by atoms with Crippen molar-refractivity contribution in [1.29, 1.82) is 0 Å². The predicted octanol–water partition coefficient (Wildman–Crippen LogP) is 1.38. The number of piperazine rings is 1. The van der Waals surface area contributed by atoms with E-state index < -0.39 is 0 Å². The van der Waals surface area contributed by atoms with E-state index in [1.807, 2.05) is 18.2 Å². The zero-order valence-electron chi connectivity index (χ0n) is 15.8. The van der Waals surface area contributed by atoms with Gasteiger partial charge in [-0.25, -0.2) is 4.79 Å². The van der Waals surface area contributed by atoms with Crippen LogP contribution in [0.25, 0.3) is 0 Å². The lowest BCUT2D eigenvalue weighted by Crippen LogP contribution is -2.52. The van der Waals surface area contributed by atoms with E-state index >= 15 is 0 Å². The van der Waals surface area contributed by atoms with Crippen LogP contribution in [-0.2, 0) is 20.7 Å². The van der Waals surface area contributed by atoms with Gasteiger partial charge >= 0.3 is 6.09 Å². The molecule has 0 bridgehead atoms. The number of nitrogens with zero attached hydrogens (tertiary/aromatic N) is 3. The highest BCUT2D eigenvalue weighted by molar-refractivity contribution is 5.86. The molecule has 146 valence electrons. The fourth-order valence-electron chi connectivity index (χ4n) is 3.71. The van der Waals surface area contributed by atoms with Crippen LogP contribution in [0.2, 0.25) is 0 Å². The SMILES string of the molecule is CCOC(=O)N1CCN(C(=O)CN2C[C@@H](Cc3ccccc3)CC2=O)CC1. The molecule has 0 N–H and O–H groups in total. The highest BCUT2D eigenvalue weighted by atomic mass is 16.6. The summed E-state index contributed by atoms with van der Waals surface area (Å²) in [6.07, 6.45) is 1.02. The van der Waals surface area contributed by atoms with Gasteiger partial charge in [0.2, 0.25) is 11.8 Å². The van der Waals surface area contributed by atoms with E-state index in [4.69, 9.17) is 4.74 Å². The van der Waals surface area contributed by atoms with Gasteiger partial charge in [0, 0.05) is 39.1 Å². The lowest BCUT2D eigenvalue weighted by Gasteiger charge is -2.34. The largest absolute Gasteiger partial charge is 0.450 e. The van der Waals surface area contributed by atoms with Crippen LogP contribution in [0.5, 0.6) is 0 Å². The fourth-order valence-corrected chi connectivity index (χ4v) is 3.71. The van der Waals surface area contributed by atoms with Gasteiger partial charge in [-0.1, -0.05) is 30.3 Å². The molecule has 3 rings (SSSR count). The van der Waals surface area contributed by atoms with E-state index in [0.717, 1.165) is 6.42 Å². The van der Waals surface area contributed by atoms with Gasteiger partial charge in [0.15, 0.2) is 0 Å². The Morgan fingerprint density at radius 2 is 1.74 bits per heavy atom. The van der Waals surface area contributed by atoms with Gasteiger partial charge < -0.3 is 19.4 Å². The Morgan fingerprint density at radius 1 is 1.07 bits per heavy atom. The monoisotopic (exact) mass is 373 g/mol. The third-order valence-electron chi connectivity index (χ3n) is 5.15. The summed E-state index contributed by atoms with van der Waals surface area (Å²) in [7, 11) is 0. The van der Waals surface area contributed by atoms with Crippen LogP contribution in [0.3, 0.4) is 0 Å². The van der Waals surface area contributed by atoms with Crippen LogP contribution < -0.4 is 0 Å². The number of ether oxygens (including phenoxy) is 1. The molecule has 0 radical (unpaired) electrons. The Balaban J connectivity index is 1.46. The van der Waals surface area contributed by atoms with E-state index in [2.05, 4.69) is 12.1 Å². The molecule has 7 heteroatoms. The van der Waals surface area contributed by atoms with Crippen molar-refractivity contribution in [1.82, 2.24) is 14.7 Å². The van der Waals surface area contributed by atoms with Crippen molar-refractivity contribution in [3.63, 3.8) is 0 Å². The van der Waals surface area contributed by atoms with Crippen LogP contribution in [0.4, 0.5) is 4.79 Å². The molecule has 7 nitrogen and oxygen atoms in total. The fraction of sp³-hybridized carbons (Fsp3) is 0.550. The Hall–Kier alpha value is -2.57. The molecule has 2 aliphatic rings. The van der Waals surface area contributed by atoms with E-state index in [0.29, 0.717) is 45.8 Å². The molecule has 2 saturated heterocycles. The molecular weight excluding hydrogens is 346 g/mol. The summed E-state index contributed by atoms with van der Waals surface area (Å²) in [5.41, 5.74) is 1.22. The van der Waals surface area contributed by atoms with Gasteiger partial charge in [0.25, 0.3) is 0 Å². The van der Waals surface area contributed by atoms with Crippen LogP contribution in [-0.4, -0.2) is 78.5 Å². The number of amides is 3. The molecule has 1 aromatic carbocycles. The average Bonchev–Trinajstić information content (AvgIpc) is 3.01. The summed E-state index contributed by atoms with van der Waals surface area (Å²) in [6, 6.07) is 10.1. The lowest BCUT2D eigenvalue weighted by molar-refractivity contribution is -0.139. The summed E-state index contributed by atoms with van der Waals surface area (Å²) in [4.78, 5) is 41.6. The molecule has 0 aliphatic carbocycles. The highest BCUT2D eigenvalue weighted by Crippen LogP contribution is 2.22. The summed E-state index contributed by atoms with van der Waals surface area (Å²) in [5.74, 6) is 0.259. The molecule has 2 aliphatic heterocycles. The molecule has 0 saturated carbocycles. The minimum absolute atomic E-state index is 0.0489. The highest BCUT2D eigenvalue weighted by Gasteiger charge is 2.33. The summed E-state index contributed by atoms with van der Waals surface area (Å²) >= 11 is 0. The number of carbonyl (C=O) groups excluding carboxylic acids is 3. The number of rotatable bonds is 5. The second-order valence-electron chi connectivity index (χ2n) is 7.10. The maximum atomic E-state index is 12.6. The third-order valence-corrected chi connectivity index (χ3v) is 5.15. The Bertz CT molecular complexity index is 671. The minimum Gasteiger partial charge on any atom is -0.450 e. The molecule has 2 heterocycles. The maximum absolute atomic E-state index is 12.6. The van der Waals surface area contributed by atoms with E-state index in [9.17, 15) is 14.4 Å². The first kappa shape index (κ1) is 19.2. The number of benzene rings is 1. The first-order valence-corrected chi connectivity index (χ1v) is 9.58. The van der Waals surface area contributed by atoms with Crippen LogP contribution in [0.1, 0.15) is 18.9 Å². The molecular formula is C20H27N3O4. The lowest BCUT2D eigenvalue weighted by atomic mass is 9.99. The Labute approximate surface area is 159 Å². The predicted molar refractivity (Wildman–Crippen MR) is 100 cm³/mol. The van der Waals surface area contributed by atoms with E-state index in [-0.39, 0.29) is 30.4 Å². The molecule has 2 fully saturated rings. The Morgan fingerprint density at radius 3 is 2.41 bits per heavy atom. The van der Waals surface area contributed by atoms with Crippen LogP contribution >= 0.6 is 0 Å². The maximum Gasteiger partial charge on any atom is 0.409 e. The van der Waals surface area contributed by atoms with Crippen molar-refractivity contribution in [3.05, 3.63) is 35.9 Å². The van der Waals surface area contributed by atoms with Crippen molar-refractivity contribution in [2.45, 2.75) is 19.8 Å². The van der Waals surface area contributed by atoms with Crippen molar-refractivity contribution >= 4 is 17.9 Å². The summed E-state index contributed by atoms with van der Waals surface area (Å²) in [5, 5.41) is 0. The minimum atomic E-state index is -0.330. The smallest absolute Gasteiger partial charge is 0.409 e. The summed E-state index contributed by atoms with van der Waals surface area (Å²) < 4.78 is 4.99. The molecule has 1 atom stereocenters. The van der Waals surface area contributed by atoms with Gasteiger partial charge in [0.1, 0.15) is 0 Å². The topological polar surface area (TPSA) is 70.2 Å². The number of carbonyl (C=O) groups is 3. The molecule has 3 amide bonds. The zero-order chi connectivity index (χ0) is 19.2. The van der Waals surface area contributed by atoms with E-state index in [1.54, 1.807) is 21.6 Å². The average molecular weight is 373 g/mol. The number of likely N-dealkylation sites (tertiary alicyclic amines) is 1. The van der Waals surface area contributed by atoms with Gasteiger partial charge in [-0.05, 0) is 24.8 Å². The van der Waals surface area contributed by atoms with Gasteiger partial charge in [0.05, 0.1) is 13.2 Å². The van der Waals surface area contributed by atoms with Crippen molar-refractivity contribution in [2.24, 2.45) is 5.92 Å². The third kappa shape index (κ3) is 4.99. The van der Waals surface area contributed by atoms with Gasteiger partial charge in [-0.3, -0.25) is 9.59 Å². The second-order valence-corrected chi connectivity index (χ2v) is 7.10. The molecule has 0 spiro atoms. The van der Waals surface area contributed by atoms with Crippen LogP contribution in [0.15, 0.2) is 30.3 Å². The molecule has 1 aromatic rings. The van der Waals surface area contributed by atoms with Crippen molar-refractivity contribution in [3.8, 4) is 0 Å². The quantitative estimate of drug-likeness (QED) is 0.782. The van der Waals surface area contributed by atoms with Gasteiger partial charge in [-0.15, -0.1) is 0 Å². The normalized spacial score (nSPS) is 20.1. The molecule has 0 aromatic heterocycles.